The molecule has 9 nitrogen and oxygen atoms in total. The maximum Gasteiger partial charge on any atom is 0.303 e. The second-order valence-corrected chi connectivity index (χ2v) is 4.22. The highest BCUT2D eigenvalue weighted by Crippen LogP contribution is 2.33. The number of hydrogen-bond donors (Lipinski definition) is 0. The van der Waals surface area contributed by atoms with Crippen LogP contribution in [0.4, 0.5) is 0 Å². The van der Waals surface area contributed by atoms with Crippen LogP contribution in [0.3, 0.4) is 0 Å². The Morgan fingerprint density at radius 3 is 2.47 bits per heavy atom. The first-order valence-electron chi connectivity index (χ1n) is 5.68. The number of ether oxygens (including phenoxy) is 4. The highest BCUT2D eigenvalue weighted by Gasteiger charge is 2.53. The van der Waals surface area contributed by atoms with Gasteiger partial charge in [-0.1, -0.05) is 5.11 Å². The Hall–Kier alpha value is -1.83. The molecule has 0 saturated carbocycles. The van der Waals surface area contributed by atoms with Gasteiger partial charge in [0.1, 0.15) is 12.1 Å². The van der Waals surface area contributed by atoms with Gasteiger partial charge < -0.3 is 18.9 Å². The number of esters is 2. The highest BCUT2D eigenvalue weighted by molar-refractivity contribution is 5.67. The van der Waals surface area contributed by atoms with E-state index in [-0.39, 0.29) is 6.61 Å². The molecule has 9 heteroatoms. The summed E-state index contributed by atoms with van der Waals surface area (Å²) in [5.41, 5.74) is 8.56. The summed E-state index contributed by atoms with van der Waals surface area (Å²) >= 11 is 0. The summed E-state index contributed by atoms with van der Waals surface area (Å²) in [6, 6.07) is -0.892. The van der Waals surface area contributed by atoms with Crippen LogP contribution in [0.1, 0.15) is 13.8 Å². The van der Waals surface area contributed by atoms with Gasteiger partial charge >= 0.3 is 11.9 Å². The summed E-state index contributed by atoms with van der Waals surface area (Å²) in [5, 5.41) is 3.52. The molecule has 0 aromatic carbocycles. The van der Waals surface area contributed by atoms with Gasteiger partial charge in [-0.2, -0.15) is 0 Å². The number of hydrogen-bond acceptors (Lipinski definition) is 7. The van der Waals surface area contributed by atoms with E-state index in [1.54, 1.807) is 0 Å². The molecule has 2 fully saturated rings. The molecule has 0 aromatic heterocycles. The zero-order chi connectivity index (χ0) is 14.0. The van der Waals surface area contributed by atoms with Crippen molar-refractivity contribution in [2.75, 3.05) is 6.61 Å². The lowest BCUT2D eigenvalue weighted by molar-refractivity contribution is -0.209. The average Bonchev–Trinajstić information content (AvgIpc) is 2.74. The van der Waals surface area contributed by atoms with E-state index in [1.165, 1.54) is 13.8 Å². The van der Waals surface area contributed by atoms with Crippen molar-refractivity contribution in [3.63, 3.8) is 0 Å². The number of fused-ring (bicyclic) bond motifs is 2. The SMILES string of the molecule is CC(=O)O[C@H]1[C@H](N=[N+]=[N-])[C@H]2OC[C@H](O2)[C@H]1OC(C)=O. The molecule has 0 radical (unpaired) electrons. The smallest absolute Gasteiger partial charge is 0.303 e. The lowest BCUT2D eigenvalue weighted by atomic mass is 9.99. The molecule has 2 aliphatic heterocycles. The molecule has 2 saturated heterocycles. The molecule has 19 heavy (non-hydrogen) atoms. The molecule has 2 heterocycles. The maximum absolute atomic E-state index is 11.1. The number of azide groups is 1. The molecular formula is C10H13N3O6. The molecule has 0 spiro atoms. The molecule has 2 bridgehead atoms. The summed E-state index contributed by atoms with van der Waals surface area (Å²) in [6.07, 6.45) is -3.10. The zero-order valence-electron chi connectivity index (χ0n) is 10.4. The number of carbonyl (C=O) groups is 2. The quantitative estimate of drug-likeness (QED) is 0.315. The zero-order valence-corrected chi connectivity index (χ0v) is 10.4. The van der Waals surface area contributed by atoms with Crippen LogP contribution >= 0.6 is 0 Å². The normalized spacial score (nSPS) is 36.2. The fourth-order valence-electron chi connectivity index (χ4n) is 2.20. The summed E-state index contributed by atoms with van der Waals surface area (Å²) in [4.78, 5) is 24.9. The van der Waals surface area contributed by atoms with Crippen LogP contribution in [-0.4, -0.2) is 49.2 Å². The van der Waals surface area contributed by atoms with Crippen molar-refractivity contribution in [2.45, 2.75) is 44.5 Å². The third-order valence-electron chi connectivity index (χ3n) is 2.83. The third-order valence-corrected chi connectivity index (χ3v) is 2.83. The maximum atomic E-state index is 11.1. The number of rotatable bonds is 3. The van der Waals surface area contributed by atoms with Gasteiger partial charge in [0.15, 0.2) is 18.5 Å². The van der Waals surface area contributed by atoms with Gasteiger partial charge in [-0.25, -0.2) is 0 Å². The van der Waals surface area contributed by atoms with E-state index in [9.17, 15) is 9.59 Å². The Balaban J connectivity index is 2.28. The molecule has 0 aliphatic carbocycles. The first-order valence-corrected chi connectivity index (χ1v) is 5.68. The van der Waals surface area contributed by atoms with Gasteiger partial charge in [0.2, 0.25) is 0 Å². The van der Waals surface area contributed by atoms with Crippen LogP contribution in [0.2, 0.25) is 0 Å². The minimum absolute atomic E-state index is 0.178. The van der Waals surface area contributed by atoms with E-state index >= 15 is 0 Å². The molecular weight excluding hydrogens is 258 g/mol. The van der Waals surface area contributed by atoms with Crippen molar-refractivity contribution in [2.24, 2.45) is 5.11 Å². The molecule has 0 unspecified atom stereocenters. The van der Waals surface area contributed by atoms with Crippen molar-refractivity contribution >= 4 is 11.9 Å². The predicted octanol–water partition coefficient (Wildman–Crippen LogP) is 0.284. The second-order valence-electron chi connectivity index (χ2n) is 4.22. The fourth-order valence-corrected chi connectivity index (χ4v) is 2.20. The number of nitrogens with zero attached hydrogens (tertiary/aromatic N) is 3. The van der Waals surface area contributed by atoms with E-state index < -0.39 is 42.6 Å². The minimum atomic E-state index is -0.913. The van der Waals surface area contributed by atoms with Crippen LogP contribution in [0.15, 0.2) is 5.11 Å². The second kappa shape index (κ2) is 5.43. The van der Waals surface area contributed by atoms with Crippen LogP contribution in [0.5, 0.6) is 0 Å². The van der Waals surface area contributed by atoms with Crippen LogP contribution in [0, 0.1) is 0 Å². The van der Waals surface area contributed by atoms with Crippen molar-refractivity contribution in [1.82, 2.24) is 0 Å². The summed E-state index contributed by atoms with van der Waals surface area (Å²) in [5.74, 6) is -1.11. The fraction of sp³-hybridized carbons (Fsp3) is 0.800. The van der Waals surface area contributed by atoms with Gasteiger partial charge in [0.05, 0.1) is 6.61 Å². The lowest BCUT2D eigenvalue weighted by Gasteiger charge is -2.37. The van der Waals surface area contributed by atoms with Gasteiger partial charge in [0.25, 0.3) is 0 Å². The molecule has 0 aromatic rings. The van der Waals surface area contributed by atoms with Gasteiger partial charge in [-0.15, -0.1) is 0 Å². The highest BCUT2D eigenvalue weighted by atomic mass is 16.7. The Labute approximate surface area is 108 Å². The third kappa shape index (κ3) is 2.78. The average molecular weight is 271 g/mol. The van der Waals surface area contributed by atoms with Crippen molar-refractivity contribution in [3.8, 4) is 0 Å². The minimum Gasteiger partial charge on any atom is -0.458 e. The summed E-state index contributed by atoms with van der Waals surface area (Å²) in [7, 11) is 0. The topological polar surface area (TPSA) is 120 Å². The molecule has 0 N–H and O–H groups in total. The van der Waals surface area contributed by atoms with E-state index in [2.05, 4.69) is 10.0 Å². The monoisotopic (exact) mass is 271 g/mol. The first kappa shape index (κ1) is 13.6. The van der Waals surface area contributed by atoms with Crippen molar-refractivity contribution < 1.29 is 28.5 Å². The van der Waals surface area contributed by atoms with Crippen molar-refractivity contribution in [3.05, 3.63) is 10.4 Å². The van der Waals surface area contributed by atoms with Gasteiger partial charge in [0, 0.05) is 18.8 Å². The molecule has 2 rings (SSSR count). The van der Waals surface area contributed by atoms with Gasteiger partial charge in [-0.3, -0.25) is 9.59 Å². The number of carbonyl (C=O) groups excluding carboxylic acids is 2. The summed E-state index contributed by atoms with van der Waals surface area (Å²) < 4.78 is 20.9. The van der Waals surface area contributed by atoms with E-state index in [0.29, 0.717) is 0 Å². The Morgan fingerprint density at radius 1 is 1.26 bits per heavy atom. The van der Waals surface area contributed by atoms with E-state index in [0.717, 1.165) is 0 Å². The van der Waals surface area contributed by atoms with E-state index in [4.69, 9.17) is 24.5 Å². The molecule has 2 aliphatic rings. The summed E-state index contributed by atoms with van der Waals surface area (Å²) in [6.45, 7) is 2.63. The molecule has 5 atom stereocenters. The van der Waals surface area contributed by atoms with E-state index in [1.807, 2.05) is 0 Å². The van der Waals surface area contributed by atoms with Crippen LogP contribution in [0.25, 0.3) is 10.4 Å². The van der Waals surface area contributed by atoms with Gasteiger partial charge in [-0.05, 0) is 5.53 Å². The Bertz CT molecular complexity index is 435. The van der Waals surface area contributed by atoms with Crippen LogP contribution < -0.4 is 0 Å². The predicted molar refractivity (Wildman–Crippen MR) is 58.7 cm³/mol. The van der Waals surface area contributed by atoms with Crippen molar-refractivity contribution in [1.29, 1.82) is 0 Å². The standard InChI is InChI=1S/C10H13N3O6/c1-4(14)17-8-6-3-16-10(19-6)7(12-13-11)9(8)18-5(2)15/h6-10H,3H2,1-2H3/t6-,7-,8+,9-,10-/m0/s1. The first-order chi connectivity index (χ1) is 9.02. The molecule has 0 amide bonds. The Morgan fingerprint density at radius 2 is 1.89 bits per heavy atom. The largest absolute Gasteiger partial charge is 0.458 e. The molecule has 104 valence electrons. The lowest BCUT2D eigenvalue weighted by Crippen LogP contribution is -2.56. The van der Waals surface area contributed by atoms with Crippen LogP contribution in [-0.2, 0) is 28.5 Å². The Kier molecular flexibility index (Phi) is 3.89.